The highest BCUT2D eigenvalue weighted by Crippen LogP contribution is 2.30. The minimum atomic E-state index is -0.659. The highest BCUT2D eigenvalue weighted by Gasteiger charge is 2.24. The summed E-state index contributed by atoms with van der Waals surface area (Å²) < 4.78 is 5.22. The Labute approximate surface area is 192 Å². The molecule has 4 rings (SSSR count). The van der Waals surface area contributed by atoms with Gasteiger partial charge < -0.3 is 9.84 Å². The quantitative estimate of drug-likeness (QED) is 0.163. The molecule has 1 aliphatic rings. The number of non-ortho nitro benzene ring substituents is 1. The van der Waals surface area contributed by atoms with E-state index in [9.17, 15) is 20.0 Å². The smallest absolute Gasteiger partial charge is 0.363 e. The van der Waals surface area contributed by atoms with Gasteiger partial charge in [0, 0.05) is 28.3 Å². The molecule has 0 fully saturated rings. The van der Waals surface area contributed by atoms with E-state index in [0.717, 1.165) is 0 Å². The number of azo groups is 1. The van der Waals surface area contributed by atoms with Crippen LogP contribution in [-0.4, -0.2) is 21.9 Å². The van der Waals surface area contributed by atoms with Crippen LogP contribution in [0.2, 0.25) is 5.02 Å². The normalized spacial score (nSPS) is 14.5. The van der Waals surface area contributed by atoms with Gasteiger partial charge in [0.1, 0.15) is 5.75 Å². The maximum Gasteiger partial charge on any atom is 0.363 e. The highest BCUT2D eigenvalue weighted by molar-refractivity contribution is 6.30. The van der Waals surface area contributed by atoms with Crippen LogP contribution in [0.1, 0.15) is 16.7 Å². The van der Waals surface area contributed by atoms with Crippen molar-refractivity contribution in [1.82, 2.24) is 0 Å². The van der Waals surface area contributed by atoms with E-state index in [1.54, 1.807) is 31.2 Å². The second-order valence-corrected chi connectivity index (χ2v) is 7.45. The first-order chi connectivity index (χ1) is 15.8. The molecule has 0 atom stereocenters. The van der Waals surface area contributed by atoms with Crippen LogP contribution in [0.25, 0.3) is 6.08 Å². The number of nitro groups is 1. The Morgan fingerprint density at radius 1 is 1.09 bits per heavy atom. The van der Waals surface area contributed by atoms with E-state index >= 15 is 0 Å². The summed E-state index contributed by atoms with van der Waals surface area (Å²) in [4.78, 5) is 26.8. The van der Waals surface area contributed by atoms with Crippen LogP contribution in [0, 0.1) is 17.0 Å². The topological polar surface area (TPSA) is 127 Å². The molecule has 0 radical (unpaired) electrons. The van der Waals surface area contributed by atoms with E-state index in [-0.39, 0.29) is 23.0 Å². The molecule has 0 unspecified atom stereocenters. The molecule has 0 bridgehead atoms. The number of hydrogen-bond donors (Lipinski definition) is 1. The van der Waals surface area contributed by atoms with Crippen molar-refractivity contribution in [2.24, 2.45) is 15.2 Å². The van der Waals surface area contributed by atoms with Crippen LogP contribution in [0.3, 0.4) is 0 Å². The molecule has 164 valence electrons. The summed E-state index contributed by atoms with van der Waals surface area (Å²) in [5, 5.41) is 29.9. The number of ether oxygens (including phenoxy) is 1. The molecule has 3 aromatic rings. The van der Waals surface area contributed by atoms with Gasteiger partial charge in [-0.1, -0.05) is 11.6 Å². The van der Waals surface area contributed by atoms with Gasteiger partial charge in [-0.15, -0.1) is 0 Å². The van der Waals surface area contributed by atoms with Crippen molar-refractivity contribution in [2.45, 2.75) is 6.92 Å². The lowest BCUT2D eigenvalue weighted by Crippen LogP contribution is -2.05. The summed E-state index contributed by atoms with van der Waals surface area (Å²) in [7, 11) is 0. The average molecular weight is 463 g/mol. The molecule has 10 heteroatoms. The van der Waals surface area contributed by atoms with Crippen molar-refractivity contribution in [3.63, 3.8) is 0 Å². The van der Waals surface area contributed by atoms with Crippen LogP contribution in [0.5, 0.6) is 5.75 Å². The number of carbonyl (C=O) groups excluding carboxylic acids is 1. The first kappa shape index (κ1) is 21.8. The van der Waals surface area contributed by atoms with Crippen LogP contribution in [-0.2, 0) is 9.53 Å². The van der Waals surface area contributed by atoms with Crippen LogP contribution < -0.4 is 0 Å². The van der Waals surface area contributed by atoms with Crippen molar-refractivity contribution in [3.05, 3.63) is 98.2 Å². The Kier molecular flexibility index (Phi) is 5.97. The van der Waals surface area contributed by atoms with Gasteiger partial charge in [-0.2, -0.15) is 10.2 Å². The van der Waals surface area contributed by atoms with E-state index in [0.29, 0.717) is 33.1 Å². The maximum absolute atomic E-state index is 12.2. The zero-order valence-electron chi connectivity index (χ0n) is 17.1. The lowest BCUT2D eigenvalue weighted by atomic mass is 10.1. The number of nitrogens with zero attached hydrogens (tertiary/aromatic N) is 4. The standard InChI is InChI=1S/C23H15ClN4O5/c1-13-10-18(28(31)32)7-8-19(13)27-26-17-6-9-21(29)15(11-17)12-20-23(30)33-22(25-20)14-2-4-16(24)5-3-14/h2-12,29H,1H3/b20-12+,27-26?. The van der Waals surface area contributed by atoms with Crippen LogP contribution >= 0.6 is 11.6 Å². The number of benzene rings is 3. The fourth-order valence-corrected chi connectivity index (χ4v) is 3.10. The summed E-state index contributed by atoms with van der Waals surface area (Å²) in [5.41, 5.74) is 2.30. The molecule has 0 amide bonds. The lowest BCUT2D eigenvalue weighted by molar-refractivity contribution is -0.384. The number of carbonyl (C=O) groups is 1. The van der Waals surface area contributed by atoms with Gasteiger partial charge in [0.2, 0.25) is 5.90 Å². The Morgan fingerprint density at radius 3 is 2.55 bits per heavy atom. The first-order valence-corrected chi connectivity index (χ1v) is 9.96. The predicted octanol–water partition coefficient (Wildman–Crippen LogP) is 6.02. The Balaban J connectivity index is 1.60. The fraction of sp³-hybridized carbons (Fsp3) is 0.0435. The number of aryl methyl sites for hydroxylation is 1. The third-order valence-corrected chi connectivity index (χ3v) is 4.93. The number of rotatable bonds is 5. The average Bonchev–Trinajstić information content (AvgIpc) is 3.15. The van der Waals surface area contributed by atoms with Crippen molar-refractivity contribution >= 4 is 46.6 Å². The molecular weight excluding hydrogens is 448 g/mol. The van der Waals surface area contributed by atoms with Gasteiger partial charge in [-0.05, 0) is 67.1 Å². The number of phenolic OH excluding ortho intramolecular Hbond substituents is 1. The monoisotopic (exact) mass is 462 g/mol. The number of phenols is 1. The highest BCUT2D eigenvalue weighted by atomic mass is 35.5. The first-order valence-electron chi connectivity index (χ1n) is 9.58. The van der Waals surface area contributed by atoms with Gasteiger partial charge in [0.15, 0.2) is 5.70 Å². The number of aliphatic imine (C=N–C) groups is 1. The molecule has 0 aromatic heterocycles. The molecule has 1 N–H and O–H groups in total. The molecule has 1 aliphatic heterocycles. The predicted molar refractivity (Wildman–Crippen MR) is 122 cm³/mol. The number of halogens is 1. The molecule has 1 heterocycles. The fourth-order valence-electron chi connectivity index (χ4n) is 2.97. The SMILES string of the molecule is Cc1cc([N+](=O)[O-])ccc1N=Nc1ccc(O)c(/C=C2/N=C(c3ccc(Cl)cc3)OC2=O)c1. The third-order valence-electron chi connectivity index (χ3n) is 4.68. The molecule has 0 spiro atoms. The van der Waals surface area contributed by atoms with Gasteiger partial charge in [-0.25, -0.2) is 9.79 Å². The Morgan fingerprint density at radius 2 is 1.85 bits per heavy atom. The van der Waals surface area contributed by atoms with Crippen molar-refractivity contribution < 1.29 is 19.6 Å². The molecular formula is C23H15ClN4O5. The van der Waals surface area contributed by atoms with E-state index in [1.165, 1.54) is 42.5 Å². The summed E-state index contributed by atoms with van der Waals surface area (Å²) in [5.74, 6) is -0.615. The van der Waals surface area contributed by atoms with Crippen LogP contribution in [0.15, 0.2) is 81.6 Å². The van der Waals surface area contributed by atoms with Crippen molar-refractivity contribution in [3.8, 4) is 5.75 Å². The molecule has 33 heavy (non-hydrogen) atoms. The molecule has 0 saturated carbocycles. The largest absolute Gasteiger partial charge is 0.507 e. The van der Waals surface area contributed by atoms with E-state index < -0.39 is 10.9 Å². The molecule has 0 aliphatic carbocycles. The van der Waals surface area contributed by atoms with E-state index in [1.807, 2.05) is 0 Å². The number of aromatic hydroxyl groups is 1. The van der Waals surface area contributed by atoms with Crippen molar-refractivity contribution in [1.29, 1.82) is 0 Å². The van der Waals surface area contributed by atoms with Crippen LogP contribution in [0.4, 0.5) is 17.1 Å². The zero-order chi connectivity index (χ0) is 23.5. The van der Waals surface area contributed by atoms with Gasteiger partial charge >= 0.3 is 5.97 Å². The van der Waals surface area contributed by atoms with Gasteiger partial charge in [0.25, 0.3) is 5.69 Å². The summed E-state index contributed by atoms with van der Waals surface area (Å²) >= 11 is 5.88. The number of esters is 1. The second-order valence-electron chi connectivity index (χ2n) is 7.01. The van der Waals surface area contributed by atoms with Crippen molar-refractivity contribution in [2.75, 3.05) is 0 Å². The molecule has 3 aromatic carbocycles. The lowest BCUT2D eigenvalue weighted by Gasteiger charge is -2.02. The number of cyclic esters (lactones) is 1. The molecule has 9 nitrogen and oxygen atoms in total. The number of nitro benzene ring substituents is 1. The number of hydrogen-bond acceptors (Lipinski definition) is 8. The van der Waals surface area contributed by atoms with E-state index in [4.69, 9.17) is 16.3 Å². The summed E-state index contributed by atoms with van der Waals surface area (Å²) in [6, 6.07) is 15.4. The second kappa shape index (κ2) is 9.01. The zero-order valence-corrected chi connectivity index (χ0v) is 17.9. The summed E-state index contributed by atoms with van der Waals surface area (Å²) in [6.45, 7) is 1.69. The van der Waals surface area contributed by atoms with Gasteiger partial charge in [0.05, 0.1) is 16.3 Å². The van der Waals surface area contributed by atoms with E-state index in [2.05, 4.69) is 15.2 Å². The maximum atomic E-state index is 12.2. The third kappa shape index (κ3) is 4.94. The van der Waals surface area contributed by atoms with Gasteiger partial charge in [-0.3, -0.25) is 10.1 Å². The Hall–Kier alpha value is -4.37. The minimum Gasteiger partial charge on any atom is -0.507 e. The minimum absolute atomic E-state index is 0.00977. The molecule has 0 saturated heterocycles. The Bertz CT molecular complexity index is 1360. The summed E-state index contributed by atoms with van der Waals surface area (Å²) in [6.07, 6.45) is 1.39.